The van der Waals surface area contributed by atoms with E-state index in [-0.39, 0.29) is 18.6 Å². The molecule has 2 aromatic rings. The van der Waals surface area contributed by atoms with E-state index in [0.29, 0.717) is 11.1 Å². The fourth-order valence-corrected chi connectivity index (χ4v) is 3.20. The monoisotopic (exact) mass is 354 g/mol. The minimum atomic E-state index is -0.785. The molecule has 2 rings (SSSR count). The largest absolute Gasteiger partial charge is 0.466 e. The first-order valence-corrected chi connectivity index (χ1v) is 8.51. The molecule has 2 aromatic carbocycles. The fourth-order valence-electron chi connectivity index (χ4n) is 3.20. The maximum absolute atomic E-state index is 14.6. The third kappa shape index (κ3) is 4.09. The van der Waals surface area contributed by atoms with Crippen molar-refractivity contribution in [3.05, 3.63) is 57.9 Å². The lowest BCUT2D eigenvalue weighted by atomic mass is 9.90. The normalized spacial score (nSPS) is 11.7. The first kappa shape index (κ1) is 19.6. The smallest absolute Gasteiger partial charge is 0.307 e. The van der Waals surface area contributed by atoms with Crippen molar-refractivity contribution < 1.29 is 13.9 Å². The van der Waals surface area contributed by atoms with E-state index in [1.54, 1.807) is 38.1 Å². The van der Waals surface area contributed by atoms with E-state index in [0.717, 1.165) is 22.3 Å². The van der Waals surface area contributed by atoms with Crippen molar-refractivity contribution >= 4 is 5.97 Å². The van der Waals surface area contributed by atoms with Crippen molar-refractivity contribution in [2.75, 3.05) is 6.61 Å². The Kier molecular flexibility index (Phi) is 6.12. The lowest BCUT2D eigenvalue weighted by molar-refractivity contribution is -0.143. The Morgan fingerprint density at radius 2 is 1.81 bits per heavy atom. The number of carbonyl (C=O) groups is 1. The summed E-state index contributed by atoms with van der Waals surface area (Å²) in [5.74, 6) is -0.859. The van der Waals surface area contributed by atoms with E-state index in [2.05, 4.69) is 6.07 Å². The van der Waals surface area contributed by atoms with Gasteiger partial charge in [-0.05, 0) is 79.8 Å². The Morgan fingerprint density at radius 3 is 2.35 bits per heavy atom. The van der Waals surface area contributed by atoms with Gasteiger partial charge in [0.1, 0.15) is 5.82 Å². The third-order valence-corrected chi connectivity index (χ3v) is 4.32. The van der Waals surface area contributed by atoms with Gasteiger partial charge in [0.2, 0.25) is 0 Å². The third-order valence-electron chi connectivity index (χ3n) is 4.32. The van der Waals surface area contributed by atoms with Gasteiger partial charge in [-0.15, -0.1) is 0 Å². The highest BCUT2D eigenvalue weighted by Crippen LogP contribution is 2.33. The van der Waals surface area contributed by atoms with Gasteiger partial charge < -0.3 is 10.5 Å². The number of nitriles is 1. The second-order valence-electron chi connectivity index (χ2n) is 6.41. The number of nitrogens with two attached hydrogens (primary N) is 1. The zero-order valence-corrected chi connectivity index (χ0v) is 15.5. The van der Waals surface area contributed by atoms with Crippen LogP contribution in [-0.4, -0.2) is 12.6 Å². The maximum atomic E-state index is 14.6. The van der Waals surface area contributed by atoms with E-state index >= 15 is 0 Å². The Bertz CT molecular complexity index is 861. The molecule has 2 N–H and O–H groups in total. The van der Waals surface area contributed by atoms with Crippen LogP contribution in [-0.2, 0) is 9.53 Å². The standard InChI is InChI=1S/C21H23FN2O2/c1-5-26-19(25)10-18(24)17-9-16(8-14(4)21(17)22)20-12(2)6-15(11-23)7-13(20)3/h6-9,18H,5,10,24H2,1-4H3/t18-/m0/s1. The van der Waals surface area contributed by atoms with Crippen molar-refractivity contribution in [1.29, 1.82) is 5.26 Å². The number of nitrogens with zero attached hydrogens (tertiary/aromatic N) is 1. The number of hydrogen-bond acceptors (Lipinski definition) is 4. The van der Waals surface area contributed by atoms with Crippen molar-refractivity contribution in [2.45, 2.75) is 40.2 Å². The van der Waals surface area contributed by atoms with Gasteiger partial charge in [-0.25, -0.2) is 4.39 Å². The molecule has 0 aliphatic heterocycles. The van der Waals surface area contributed by atoms with Gasteiger partial charge in [-0.1, -0.05) is 0 Å². The molecule has 5 heteroatoms. The number of esters is 1. The highest BCUT2D eigenvalue weighted by atomic mass is 19.1. The Balaban J connectivity index is 2.52. The molecule has 136 valence electrons. The summed E-state index contributed by atoms with van der Waals surface area (Å²) in [7, 11) is 0. The quantitative estimate of drug-likeness (QED) is 0.815. The Labute approximate surface area is 153 Å². The summed E-state index contributed by atoms with van der Waals surface area (Å²) in [6.45, 7) is 7.48. The van der Waals surface area contributed by atoms with Crippen molar-refractivity contribution in [1.82, 2.24) is 0 Å². The maximum Gasteiger partial charge on any atom is 0.307 e. The molecule has 0 aliphatic rings. The van der Waals surface area contributed by atoms with E-state index in [9.17, 15) is 9.18 Å². The van der Waals surface area contributed by atoms with Crippen molar-refractivity contribution in [3.8, 4) is 17.2 Å². The lowest BCUT2D eigenvalue weighted by Gasteiger charge is -2.18. The number of hydrogen-bond donors (Lipinski definition) is 1. The number of rotatable bonds is 5. The molecule has 4 nitrogen and oxygen atoms in total. The average molecular weight is 354 g/mol. The van der Waals surface area contributed by atoms with Gasteiger partial charge in [0.15, 0.2) is 0 Å². The highest BCUT2D eigenvalue weighted by Gasteiger charge is 2.20. The zero-order chi connectivity index (χ0) is 19.4. The van der Waals surface area contributed by atoms with Gasteiger partial charge >= 0.3 is 5.97 Å². The molecule has 0 radical (unpaired) electrons. The van der Waals surface area contributed by atoms with Gasteiger partial charge in [-0.3, -0.25) is 4.79 Å². The summed E-state index contributed by atoms with van der Waals surface area (Å²) in [4.78, 5) is 11.7. The molecule has 0 aliphatic carbocycles. The van der Waals surface area contributed by atoms with E-state index < -0.39 is 17.8 Å². The average Bonchev–Trinajstić information content (AvgIpc) is 2.57. The van der Waals surface area contributed by atoms with Crippen LogP contribution in [0.4, 0.5) is 4.39 Å². The van der Waals surface area contributed by atoms with Gasteiger partial charge in [0.25, 0.3) is 0 Å². The summed E-state index contributed by atoms with van der Waals surface area (Å²) in [5.41, 5.74) is 11.0. The molecule has 0 heterocycles. The first-order chi connectivity index (χ1) is 12.3. The predicted molar refractivity (Wildman–Crippen MR) is 98.9 cm³/mol. The van der Waals surface area contributed by atoms with Crippen LogP contribution in [0.5, 0.6) is 0 Å². The molecular weight excluding hydrogens is 331 g/mol. The zero-order valence-electron chi connectivity index (χ0n) is 15.5. The van der Waals surface area contributed by atoms with E-state index in [1.807, 2.05) is 13.8 Å². The van der Waals surface area contributed by atoms with Gasteiger partial charge in [0, 0.05) is 11.6 Å². The highest BCUT2D eigenvalue weighted by molar-refractivity contribution is 5.74. The SMILES string of the molecule is CCOC(=O)C[C@H](N)c1cc(-c2c(C)cc(C#N)cc2C)cc(C)c1F. The van der Waals surface area contributed by atoms with Crippen molar-refractivity contribution in [2.24, 2.45) is 5.73 Å². The topological polar surface area (TPSA) is 76.1 Å². The summed E-state index contributed by atoms with van der Waals surface area (Å²) < 4.78 is 19.5. The summed E-state index contributed by atoms with van der Waals surface area (Å²) in [6, 6.07) is 8.41. The second-order valence-corrected chi connectivity index (χ2v) is 6.41. The van der Waals surface area contributed by atoms with Crippen LogP contribution < -0.4 is 5.73 Å². The molecule has 0 saturated carbocycles. The van der Waals surface area contributed by atoms with Gasteiger partial charge in [0.05, 0.1) is 24.7 Å². The lowest BCUT2D eigenvalue weighted by Crippen LogP contribution is -2.19. The van der Waals surface area contributed by atoms with Crippen molar-refractivity contribution in [3.63, 3.8) is 0 Å². The van der Waals surface area contributed by atoms with Crippen LogP contribution in [0, 0.1) is 37.9 Å². The molecule has 26 heavy (non-hydrogen) atoms. The number of benzene rings is 2. The predicted octanol–water partition coefficient (Wildman–Crippen LogP) is 4.24. The molecule has 0 aromatic heterocycles. The molecule has 0 spiro atoms. The molecular formula is C21H23FN2O2. The van der Waals surface area contributed by atoms with E-state index in [4.69, 9.17) is 15.7 Å². The molecule has 0 amide bonds. The summed E-state index contributed by atoms with van der Waals surface area (Å²) >= 11 is 0. The summed E-state index contributed by atoms with van der Waals surface area (Å²) in [6.07, 6.45) is -0.0843. The van der Waals surface area contributed by atoms with Crippen LogP contribution >= 0.6 is 0 Å². The molecule has 0 unspecified atom stereocenters. The number of halogens is 1. The van der Waals surface area contributed by atoms with Crippen LogP contribution in [0.25, 0.3) is 11.1 Å². The number of aryl methyl sites for hydroxylation is 3. The van der Waals surface area contributed by atoms with Crippen LogP contribution in [0.15, 0.2) is 24.3 Å². The van der Waals surface area contributed by atoms with Gasteiger partial charge in [-0.2, -0.15) is 5.26 Å². The Hall–Kier alpha value is -2.71. The molecule has 0 bridgehead atoms. The minimum Gasteiger partial charge on any atom is -0.466 e. The summed E-state index contributed by atoms with van der Waals surface area (Å²) in [5, 5.41) is 9.11. The molecule has 0 saturated heterocycles. The first-order valence-electron chi connectivity index (χ1n) is 8.51. The van der Waals surface area contributed by atoms with Crippen LogP contribution in [0.1, 0.15) is 47.2 Å². The molecule has 1 atom stereocenters. The number of ether oxygens (including phenoxy) is 1. The second kappa shape index (κ2) is 8.11. The van der Waals surface area contributed by atoms with Crippen LogP contribution in [0.3, 0.4) is 0 Å². The Morgan fingerprint density at radius 1 is 1.19 bits per heavy atom. The minimum absolute atomic E-state index is 0.0843. The number of carbonyl (C=O) groups excluding carboxylic acids is 1. The van der Waals surface area contributed by atoms with E-state index in [1.165, 1.54) is 0 Å². The molecule has 0 fully saturated rings. The fraction of sp³-hybridized carbons (Fsp3) is 0.333. The van der Waals surface area contributed by atoms with Crippen LogP contribution in [0.2, 0.25) is 0 Å².